The smallest absolute Gasteiger partial charge is 0.267 e. The molecule has 0 spiro atoms. The van der Waals surface area contributed by atoms with Crippen molar-refractivity contribution >= 4 is 15.9 Å². The SMILES string of the molecule is CCN(CC)S(=O)(=O)c1cc(C(=O)NCCc2cccc(F)c2)n(C)c1. The molecule has 1 N–H and O–H groups in total. The van der Waals surface area contributed by atoms with Crippen molar-refractivity contribution in [2.45, 2.75) is 25.2 Å². The first kappa shape index (κ1) is 20.1. The van der Waals surface area contributed by atoms with E-state index in [1.165, 1.54) is 33.3 Å². The van der Waals surface area contributed by atoms with Crippen molar-refractivity contribution in [2.24, 2.45) is 7.05 Å². The van der Waals surface area contributed by atoms with Crippen molar-refractivity contribution in [3.8, 4) is 0 Å². The Balaban J connectivity index is 2.07. The van der Waals surface area contributed by atoms with Gasteiger partial charge in [-0.25, -0.2) is 12.8 Å². The first-order chi connectivity index (χ1) is 12.3. The molecule has 0 aliphatic carbocycles. The monoisotopic (exact) mass is 381 g/mol. The number of hydrogen-bond donors (Lipinski definition) is 1. The molecule has 0 aliphatic rings. The van der Waals surface area contributed by atoms with Gasteiger partial charge in [-0.15, -0.1) is 0 Å². The van der Waals surface area contributed by atoms with Crippen LogP contribution in [0.15, 0.2) is 41.4 Å². The van der Waals surface area contributed by atoms with E-state index in [9.17, 15) is 17.6 Å². The van der Waals surface area contributed by atoms with Crippen molar-refractivity contribution < 1.29 is 17.6 Å². The molecule has 0 saturated heterocycles. The molecule has 6 nitrogen and oxygen atoms in total. The lowest BCUT2D eigenvalue weighted by atomic mass is 10.1. The predicted octanol–water partition coefficient (Wildman–Crippen LogP) is 2.17. The van der Waals surface area contributed by atoms with Crippen molar-refractivity contribution in [1.29, 1.82) is 0 Å². The number of halogens is 1. The van der Waals surface area contributed by atoms with Gasteiger partial charge in [0.1, 0.15) is 16.4 Å². The summed E-state index contributed by atoms with van der Waals surface area (Å²) < 4.78 is 41.1. The molecule has 0 fully saturated rings. The number of hydrogen-bond acceptors (Lipinski definition) is 3. The van der Waals surface area contributed by atoms with Gasteiger partial charge < -0.3 is 9.88 Å². The molecular weight excluding hydrogens is 357 g/mol. The molecule has 0 unspecified atom stereocenters. The van der Waals surface area contributed by atoms with Crippen molar-refractivity contribution in [2.75, 3.05) is 19.6 Å². The number of amides is 1. The van der Waals surface area contributed by atoms with Crippen LogP contribution in [0.1, 0.15) is 29.9 Å². The van der Waals surface area contributed by atoms with E-state index in [4.69, 9.17) is 0 Å². The number of benzene rings is 1. The topological polar surface area (TPSA) is 71.4 Å². The highest BCUT2D eigenvalue weighted by Crippen LogP contribution is 2.18. The van der Waals surface area contributed by atoms with E-state index < -0.39 is 10.0 Å². The van der Waals surface area contributed by atoms with Gasteiger partial charge in [0.25, 0.3) is 5.91 Å². The van der Waals surface area contributed by atoms with Crippen molar-refractivity contribution in [3.05, 3.63) is 53.6 Å². The average Bonchev–Trinajstić information content (AvgIpc) is 2.98. The molecule has 0 radical (unpaired) electrons. The first-order valence-corrected chi connectivity index (χ1v) is 9.92. The Morgan fingerprint density at radius 1 is 1.23 bits per heavy atom. The van der Waals surface area contributed by atoms with Crippen molar-refractivity contribution in [3.63, 3.8) is 0 Å². The standard InChI is InChI=1S/C18H24FN3O3S/c1-4-22(5-2)26(24,25)16-12-17(21(3)13-16)18(23)20-10-9-14-7-6-8-15(19)11-14/h6-8,11-13H,4-5,9-10H2,1-3H3,(H,20,23). The van der Waals surface area contributed by atoms with Gasteiger partial charge in [-0.1, -0.05) is 26.0 Å². The zero-order valence-corrected chi connectivity index (χ0v) is 16.0. The summed E-state index contributed by atoms with van der Waals surface area (Å²) in [6, 6.07) is 7.57. The summed E-state index contributed by atoms with van der Waals surface area (Å²) in [5, 5.41) is 2.74. The van der Waals surface area contributed by atoms with Crippen LogP contribution in [0.25, 0.3) is 0 Å². The fraction of sp³-hybridized carbons (Fsp3) is 0.389. The quantitative estimate of drug-likeness (QED) is 0.762. The van der Waals surface area contributed by atoms with Crippen LogP contribution in [0.5, 0.6) is 0 Å². The summed E-state index contributed by atoms with van der Waals surface area (Å²) in [5.74, 6) is -0.688. The van der Waals surface area contributed by atoms with Gasteiger partial charge in [0, 0.05) is 32.9 Å². The van der Waals surface area contributed by atoms with E-state index in [1.807, 2.05) is 0 Å². The minimum absolute atomic E-state index is 0.0963. The van der Waals surface area contributed by atoms with Crippen LogP contribution in [-0.2, 0) is 23.5 Å². The fourth-order valence-corrected chi connectivity index (χ4v) is 4.25. The summed E-state index contributed by atoms with van der Waals surface area (Å²) in [6.45, 7) is 4.59. The largest absolute Gasteiger partial charge is 0.350 e. The Labute approximate surface area is 153 Å². The highest BCUT2D eigenvalue weighted by Gasteiger charge is 2.25. The van der Waals surface area contributed by atoms with E-state index in [-0.39, 0.29) is 22.3 Å². The van der Waals surface area contributed by atoms with Crippen LogP contribution in [0, 0.1) is 5.82 Å². The zero-order chi connectivity index (χ0) is 19.3. The minimum atomic E-state index is -3.61. The molecule has 0 bridgehead atoms. The van der Waals surface area contributed by atoms with Gasteiger partial charge in [0.15, 0.2) is 0 Å². The third-order valence-electron chi connectivity index (χ3n) is 4.14. The normalized spacial score (nSPS) is 11.7. The lowest BCUT2D eigenvalue weighted by molar-refractivity contribution is 0.0946. The van der Waals surface area contributed by atoms with Crippen LogP contribution in [-0.4, -0.2) is 42.8 Å². The number of carbonyl (C=O) groups is 1. The maximum absolute atomic E-state index is 13.2. The van der Waals surface area contributed by atoms with E-state index in [2.05, 4.69) is 5.32 Å². The third kappa shape index (κ3) is 4.50. The summed E-state index contributed by atoms with van der Waals surface area (Å²) >= 11 is 0. The molecule has 2 aromatic rings. The van der Waals surface area contributed by atoms with Gasteiger partial charge in [-0.2, -0.15) is 4.31 Å². The van der Waals surface area contributed by atoms with Gasteiger partial charge in [-0.05, 0) is 30.2 Å². The maximum atomic E-state index is 13.2. The second kappa shape index (κ2) is 8.46. The fourth-order valence-electron chi connectivity index (χ4n) is 2.72. The number of sulfonamides is 1. The van der Waals surface area contributed by atoms with Crippen LogP contribution in [0.3, 0.4) is 0 Å². The predicted molar refractivity (Wildman–Crippen MR) is 98.0 cm³/mol. The Morgan fingerprint density at radius 3 is 2.54 bits per heavy atom. The molecule has 2 rings (SSSR count). The van der Waals surface area contributed by atoms with Crippen LogP contribution >= 0.6 is 0 Å². The van der Waals surface area contributed by atoms with Gasteiger partial charge in [0.2, 0.25) is 10.0 Å². The van der Waals surface area contributed by atoms with Crippen molar-refractivity contribution in [1.82, 2.24) is 14.2 Å². The Morgan fingerprint density at radius 2 is 1.92 bits per heavy atom. The number of carbonyl (C=O) groups excluding carboxylic acids is 1. The highest BCUT2D eigenvalue weighted by atomic mass is 32.2. The van der Waals surface area contributed by atoms with Crippen LogP contribution < -0.4 is 5.32 Å². The van der Waals surface area contributed by atoms with Gasteiger partial charge >= 0.3 is 0 Å². The highest BCUT2D eigenvalue weighted by molar-refractivity contribution is 7.89. The Bertz CT molecular complexity index is 874. The third-order valence-corrected chi connectivity index (χ3v) is 6.16. The lowest BCUT2D eigenvalue weighted by Gasteiger charge is -2.17. The minimum Gasteiger partial charge on any atom is -0.350 e. The maximum Gasteiger partial charge on any atom is 0.267 e. The molecule has 1 amide bonds. The van der Waals surface area contributed by atoms with E-state index in [0.717, 1.165) is 5.56 Å². The molecule has 142 valence electrons. The molecule has 0 saturated carbocycles. The lowest BCUT2D eigenvalue weighted by Crippen LogP contribution is -2.30. The number of rotatable bonds is 8. The molecule has 0 aliphatic heterocycles. The average molecular weight is 381 g/mol. The van der Waals surface area contributed by atoms with Gasteiger partial charge in [0.05, 0.1) is 0 Å². The Kier molecular flexibility index (Phi) is 6.55. The summed E-state index contributed by atoms with van der Waals surface area (Å²) in [4.78, 5) is 12.5. The van der Waals surface area contributed by atoms with Gasteiger partial charge in [-0.3, -0.25) is 4.79 Å². The zero-order valence-electron chi connectivity index (χ0n) is 15.2. The van der Waals surface area contributed by atoms with Crippen LogP contribution in [0.2, 0.25) is 0 Å². The molecular formula is C18H24FN3O3S. The van der Waals surface area contributed by atoms with E-state index in [0.29, 0.717) is 26.1 Å². The molecule has 1 aromatic carbocycles. The summed E-state index contributed by atoms with van der Waals surface area (Å²) in [6.07, 6.45) is 1.92. The van der Waals surface area contributed by atoms with E-state index in [1.54, 1.807) is 33.0 Å². The summed E-state index contributed by atoms with van der Waals surface area (Å²) in [5.41, 5.74) is 1.04. The summed E-state index contributed by atoms with van der Waals surface area (Å²) in [7, 11) is -1.99. The first-order valence-electron chi connectivity index (χ1n) is 8.48. The number of nitrogens with one attached hydrogen (secondary N) is 1. The van der Waals surface area contributed by atoms with Crippen LogP contribution in [0.4, 0.5) is 4.39 Å². The second-order valence-electron chi connectivity index (χ2n) is 5.90. The molecule has 1 aromatic heterocycles. The molecule has 26 heavy (non-hydrogen) atoms. The number of nitrogens with zero attached hydrogens (tertiary/aromatic N) is 2. The molecule has 1 heterocycles. The molecule has 8 heteroatoms. The second-order valence-corrected chi connectivity index (χ2v) is 7.84. The number of aromatic nitrogens is 1. The number of aryl methyl sites for hydroxylation is 1. The molecule has 0 atom stereocenters. The van der Waals surface area contributed by atoms with E-state index >= 15 is 0 Å². The Hall–Kier alpha value is -2.19.